The first-order valence-corrected chi connectivity index (χ1v) is 7.58. The van der Waals surface area contributed by atoms with E-state index < -0.39 is 0 Å². The van der Waals surface area contributed by atoms with E-state index in [0.29, 0.717) is 16.9 Å². The third-order valence-corrected chi connectivity index (χ3v) is 3.64. The molecule has 3 N–H and O–H groups in total. The Balaban J connectivity index is 1.73. The zero-order chi connectivity index (χ0) is 17.8. The number of hydrogen-bond acceptors (Lipinski definition) is 6. The van der Waals surface area contributed by atoms with Crippen LogP contribution in [0.5, 0.6) is 11.5 Å². The quantitative estimate of drug-likeness (QED) is 0.634. The number of hydrogen-bond donors (Lipinski definition) is 3. The highest BCUT2D eigenvalue weighted by atomic mass is 16.3. The second-order valence-corrected chi connectivity index (χ2v) is 5.52. The summed E-state index contributed by atoms with van der Waals surface area (Å²) < 4.78 is 0. The van der Waals surface area contributed by atoms with Gasteiger partial charge in [-0.05, 0) is 36.8 Å². The molecule has 0 aliphatic heterocycles. The predicted octanol–water partition coefficient (Wildman–Crippen LogP) is 3.44. The van der Waals surface area contributed by atoms with E-state index >= 15 is 0 Å². The van der Waals surface area contributed by atoms with E-state index in [4.69, 9.17) is 0 Å². The summed E-state index contributed by atoms with van der Waals surface area (Å²) in [5, 5.41) is 33.6. The number of phenolic OH excluding ortho intramolecular Hbond substituents is 2. The molecular formula is C18H16N4O3. The topological polar surface area (TPSA) is 111 Å². The predicted molar refractivity (Wildman–Crippen MR) is 93.0 cm³/mol. The van der Waals surface area contributed by atoms with Crippen molar-refractivity contribution in [2.24, 2.45) is 10.2 Å². The van der Waals surface area contributed by atoms with Gasteiger partial charge >= 0.3 is 0 Å². The molecule has 0 radical (unpaired) electrons. The molecule has 0 amide bonds. The summed E-state index contributed by atoms with van der Waals surface area (Å²) in [7, 11) is 0. The van der Waals surface area contributed by atoms with Crippen LogP contribution in [0.2, 0.25) is 0 Å². The van der Waals surface area contributed by atoms with E-state index in [1.807, 2.05) is 19.1 Å². The molecule has 0 atom stereocenters. The molecule has 1 heterocycles. The Morgan fingerprint density at radius 1 is 1.08 bits per heavy atom. The number of aromatic nitrogens is 2. The summed E-state index contributed by atoms with van der Waals surface area (Å²) in [6.07, 6.45) is 0. The fourth-order valence-electron chi connectivity index (χ4n) is 2.35. The van der Waals surface area contributed by atoms with E-state index in [0.717, 1.165) is 11.1 Å². The summed E-state index contributed by atoms with van der Waals surface area (Å²) in [5.74, 6) is -0.0196. The van der Waals surface area contributed by atoms with Gasteiger partial charge in [-0.1, -0.05) is 12.1 Å². The van der Waals surface area contributed by atoms with Crippen molar-refractivity contribution in [3.63, 3.8) is 0 Å². The third kappa shape index (κ3) is 3.89. The van der Waals surface area contributed by atoms with Gasteiger partial charge in [0.1, 0.15) is 11.5 Å². The van der Waals surface area contributed by atoms with Crippen molar-refractivity contribution in [3.8, 4) is 22.8 Å². The van der Waals surface area contributed by atoms with E-state index in [1.165, 1.54) is 18.2 Å². The standard InChI is InChI=1S/C18H16N4O3/c1-11-8-17(25)21-22-18(11)12-2-5-14(6-3-12)20-19-10-13-4-7-15(23)9-16(13)24/h2-9,23-24H,10H2,1H3,(H,21,25). The van der Waals surface area contributed by atoms with Crippen molar-refractivity contribution >= 4 is 5.69 Å². The van der Waals surface area contributed by atoms with Gasteiger partial charge in [0.05, 0.1) is 17.9 Å². The molecule has 126 valence electrons. The second-order valence-electron chi connectivity index (χ2n) is 5.52. The first-order chi connectivity index (χ1) is 12.0. The van der Waals surface area contributed by atoms with Crippen molar-refractivity contribution in [2.75, 3.05) is 0 Å². The number of nitrogens with zero attached hydrogens (tertiary/aromatic N) is 3. The van der Waals surface area contributed by atoms with Crippen LogP contribution in [0.3, 0.4) is 0 Å². The van der Waals surface area contributed by atoms with Crippen LogP contribution < -0.4 is 5.56 Å². The highest BCUT2D eigenvalue weighted by Crippen LogP contribution is 2.25. The van der Waals surface area contributed by atoms with Gasteiger partial charge in [-0.15, -0.1) is 0 Å². The molecule has 0 spiro atoms. The second kappa shape index (κ2) is 6.96. The summed E-state index contributed by atoms with van der Waals surface area (Å²) in [4.78, 5) is 11.2. The third-order valence-electron chi connectivity index (χ3n) is 3.64. The van der Waals surface area contributed by atoms with Crippen LogP contribution in [0.15, 0.2) is 63.6 Å². The van der Waals surface area contributed by atoms with Gasteiger partial charge in [-0.25, -0.2) is 5.10 Å². The van der Waals surface area contributed by atoms with Crippen molar-refractivity contribution in [1.29, 1.82) is 0 Å². The molecule has 0 bridgehead atoms. The minimum atomic E-state index is -0.232. The smallest absolute Gasteiger partial charge is 0.264 e. The normalized spacial score (nSPS) is 11.1. The molecule has 3 aromatic rings. The van der Waals surface area contributed by atoms with Crippen LogP contribution in [-0.2, 0) is 6.54 Å². The van der Waals surface area contributed by atoms with Gasteiger partial charge in [0.25, 0.3) is 5.56 Å². The monoisotopic (exact) mass is 336 g/mol. The number of aromatic hydroxyl groups is 2. The summed E-state index contributed by atoms with van der Waals surface area (Å²) >= 11 is 0. The molecule has 0 aliphatic carbocycles. The largest absolute Gasteiger partial charge is 0.508 e. The lowest BCUT2D eigenvalue weighted by Gasteiger charge is -2.04. The van der Waals surface area contributed by atoms with Crippen molar-refractivity contribution < 1.29 is 10.2 Å². The molecule has 0 saturated heterocycles. The molecule has 0 unspecified atom stereocenters. The lowest BCUT2D eigenvalue weighted by molar-refractivity contribution is 0.446. The Kier molecular flexibility index (Phi) is 4.56. The average Bonchev–Trinajstić information content (AvgIpc) is 2.58. The number of aromatic amines is 1. The number of benzene rings is 2. The Morgan fingerprint density at radius 3 is 2.52 bits per heavy atom. The van der Waals surface area contributed by atoms with Crippen LogP contribution in [0.4, 0.5) is 5.69 Å². The molecule has 0 aliphatic rings. The van der Waals surface area contributed by atoms with Crippen LogP contribution in [0.25, 0.3) is 11.3 Å². The molecule has 0 fully saturated rings. The molecule has 7 heteroatoms. The molecule has 7 nitrogen and oxygen atoms in total. The minimum absolute atomic E-state index is 0.0000580. The fraction of sp³-hybridized carbons (Fsp3) is 0.111. The van der Waals surface area contributed by atoms with Gasteiger partial charge < -0.3 is 10.2 Å². The maximum atomic E-state index is 11.2. The SMILES string of the molecule is Cc1cc(=O)[nH]nc1-c1ccc(N=NCc2ccc(O)cc2O)cc1. The number of H-pyrrole nitrogens is 1. The Hall–Kier alpha value is -3.48. The van der Waals surface area contributed by atoms with Crippen LogP contribution in [-0.4, -0.2) is 20.4 Å². The zero-order valence-corrected chi connectivity index (χ0v) is 13.5. The summed E-state index contributed by atoms with van der Waals surface area (Å²) in [6.45, 7) is 2.03. The average molecular weight is 336 g/mol. The lowest BCUT2D eigenvalue weighted by Crippen LogP contribution is -2.08. The van der Waals surface area contributed by atoms with E-state index in [-0.39, 0.29) is 23.6 Å². The number of aryl methyl sites for hydroxylation is 1. The lowest BCUT2D eigenvalue weighted by atomic mass is 10.1. The zero-order valence-electron chi connectivity index (χ0n) is 13.5. The van der Waals surface area contributed by atoms with Gasteiger partial charge in [0.2, 0.25) is 0 Å². The van der Waals surface area contributed by atoms with Gasteiger partial charge in [-0.3, -0.25) is 4.79 Å². The first-order valence-electron chi connectivity index (χ1n) is 7.58. The van der Waals surface area contributed by atoms with Crippen molar-refractivity contribution in [1.82, 2.24) is 10.2 Å². The summed E-state index contributed by atoms with van der Waals surface area (Å²) in [5.41, 5.74) is 3.36. The molecule has 2 aromatic carbocycles. The fourth-order valence-corrected chi connectivity index (χ4v) is 2.35. The molecule has 0 saturated carbocycles. The van der Waals surface area contributed by atoms with Crippen molar-refractivity contribution in [2.45, 2.75) is 13.5 Å². The highest BCUT2D eigenvalue weighted by Gasteiger charge is 2.05. The number of nitrogens with one attached hydrogen (secondary N) is 1. The van der Waals surface area contributed by atoms with Gasteiger partial charge in [0.15, 0.2) is 0 Å². The maximum Gasteiger partial charge on any atom is 0.264 e. The van der Waals surface area contributed by atoms with E-state index in [1.54, 1.807) is 18.2 Å². The summed E-state index contributed by atoms with van der Waals surface area (Å²) in [6, 6.07) is 13.1. The van der Waals surface area contributed by atoms with Crippen LogP contribution >= 0.6 is 0 Å². The van der Waals surface area contributed by atoms with Crippen LogP contribution in [0, 0.1) is 6.92 Å². The van der Waals surface area contributed by atoms with Crippen molar-refractivity contribution in [3.05, 3.63) is 70.0 Å². The number of phenols is 2. The van der Waals surface area contributed by atoms with Gasteiger partial charge in [0, 0.05) is 23.3 Å². The maximum absolute atomic E-state index is 11.2. The highest BCUT2D eigenvalue weighted by molar-refractivity contribution is 5.64. The van der Waals surface area contributed by atoms with Crippen LogP contribution in [0.1, 0.15) is 11.1 Å². The Bertz CT molecular complexity index is 978. The molecular weight excluding hydrogens is 320 g/mol. The molecule has 25 heavy (non-hydrogen) atoms. The Morgan fingerprint density at radius 2 is 1.84 bits per heavy atom. The molecule has 3 rings (SSSR count). The van der Waals surface area contributed by atoms with Gasteiger partial charge in [-0.2, -0.15) is 15.3 Å². The minimum Gasteiger partial charge on any atom is -0.508 e. The Labute approximate surface area is 143 Å². The van der Waals surface area contributed by atoms with E-state index in [9.17, 15) is 15.0 Å². The number of rotatable bonds is 4. The molecule has 1 aromatic heterocycles. The first kappa shape index (κ1) is 16.4. The van der Waals surface area contributed by atoms with E-state index in [2.05, 4.69) is 20.4 Å². The number of azo groups is 1.